The Morgan fingerprint density at radius 1 is 1.03 bits per heavy atom. The number of carbonyl (C=O) groups excluding carboxylic acids is 5. The van der Waals surface area contributed by atoms with Gasteiger partial charge in [-0.2, -0.15) is 0 Å². The number of nitrogens with one attached hydrogen (secondary N) is 3. The molecule has 0 radical (unpaired) electrons. The van der Waals surface area contributed by atoms with E-state index < -0.39 is 53.3 Å². The van der Waals surface area contributed by atoms with Gasteiger partial charge in [0.25, 0.3) is 0 Å². The highest BCUT2D eigenvalue weighted by molar-refractivity contribution is 6.16. The van der Waals surface area contributed by atoms with Gasteiger partial charge in [0, 0.05) is 18.5 Å². The Labute approximate surface area is 209 Å². The maximum absolute atomic E-state index is 13.1. The first-order valence-corrected chi connectivity index (χ1v) is 11.8. The molecule has 0 saturated carbocycles. The molecule has 0 unspecified atom stereocenters. The molecule has 1 fully saturated rings. The fourth-order valence-corrected chi connectivity index (χ4v) is 4.05. The molecule has 1 aromatic carbocycles. The minimum atomic E-state index is -1.15. The lowest BCUT2D eigenvalue weighted by atomic mass is 9.85. The Balaban J connectivity index is 1.72. The van der Waals surface area contributed by atoms with E-state index in [4.69, 9.17) is 0 Å². The average molecular weight is 491 g/mol. The molecule has 4 amide bonds. The summed E-state index contributed by atoms with van der Waals surface area (Å²) in [4.78, 5) is 66.8. The van der Waals surface area contributed by atoms with Crippen molar-refractivity contribution in [2.24, 2.45) is 17.8 Å². The van der Waals surface area contributed by atoms with Crippen LogP contribution in [0.2, 0.25) is 0 Å². The number of hydrogen-bond acceptors (Lipinski definition) is 6. The Kier molecular flexibility index (Phi) is 8.83. The van der Waals surface area contributed by atoms with Crippen LogP contribution in [0.3, 0.4) is 0 Å². The van der Waals surface area contributed by atoms with Gasteiger partial charge < -0.3 is 10.6 Å². The Morgan fingerprint density at radius 2 is 1.75 bits per heavy atom. The van der Waals surface area contributed by atoms with Crippen LogP contribution in [0.5, 0.6) is 0 Å². The number of rotatable bonds is 10. The summed E-state index contributed by atoms with van der Waals surface area (Å²) in [6.45, 7) is 5.02. The van der Waals surface area contributed by atoms with Crippen molar-refractivity contribution in [1.82, 2.24) is 20.9 Å². The highest BCUT2D eigenvalue weighted by atomic mass is 16.2. The molecule has 3 rings (SSSR count). The standard InChI is InChI=1S/C27H30N4O5/c1-16(2)24(25(34)23-17(3)26(35)31-27(23)36)30-22(33)14-20(19-9-5-4-6-10-19)29-21(32)12-11-18-8-7-13-28-15-18/h4-13,15-17,20,23-24H,14H2,1-3H3,(H,29,32)(H,30,33)(H,31,35,36)/b12-11+/t17-,20-,23+,24-/m0/s1. The maximum Gasteiger partial charge on any atom is 0.244 e. The SMILES string of the molecule is CC(C)[C@H](NC(=O)C[C@H](NC(=O)/C=C/c1cccnc1)c1ccccc1)C(=O)[C@@H]1C(=O)NC(=O)[C@H]1C. The molecule has 9 heteroatoms. The van der Waals surface area contributed by atoms with Crippen molar-refractivity contribution in [3.63, 3.8) is 0 Å². The van der Waals surface area contributed by atoms with E-state index in [0.717, 1.165) is 11.1 Å². The van der Waals surface area contributed by atoms with E-state index in [1.807, 2.05) is 6.07 Å². The summed E-state index contributed by atoms with van der Waals surface area (Å²) in [5.41, 5.74) is 1.47. The van der Waals surface area contributed by atoms with E-state index in [2.05, 4.69) is 20.9 Å². The van der Waals surface area contributed by atoms with Crippen molar-refractivity contribution in [2.75, 3.05) is 0 Å². The van der Waals surface area contributed by atoms with Crippen molar-refractivity contribution in [3.8, 4) is 0 Å². The van der Waals surface area contributed by atoms with Gasteiger partial charge in [0.15, 0.2) is 5.78 Å². The largest absolute Gasteiger partial charge is 0.346 e. The van der Waals surface area contributed by atoms with E-state index in [9.17, 15) is 24.0 Å². The molecule has 0 bridgehead atoms. The topological polar surface area (TPSA) is 134 Å². The molecule has 1 aliphatic heterocycles. The molecular weight excluding hydrogens is 460 g/mol. The number of carbonyl (C=O) groups is 5. The molecule has 1 saturated heterocycles. The Bertz CT molecular complexity index is 1150. The van der Waals surface area contributed by atoms with Crippen LogP contribution in [0.4, 0.5) is 0 Å². The highest BCUT2D eigenvalue weighted by Gasteiger charge is 2.46. The van der Waals surface area contributed by atoms with Crippen molar-refractivity contribution in [3.05, 3.63) is 72.1 Å². The minimum Gasteiger partial charge on any atom is -0.346 e. The van der Waals surface area contributed by atoms with Gasteiger partial charge in [0.05, 0.1) is 24.4 Å². The van der Waals surface area contributed by atoms with Crippen molar-refractivity contribution in [2.45, 2.75) is 39.3 Å². The molecule has 3 N–H and O–H groups in total. The molecule has 1 aromatic heterocycles. The number of imide groups is 1. The molecule has 188 valence electrons. The number of benzene rings is 1. The molecule has 4 atom stereocenters. The predicted molar refractivity (Wildman–Crippen MR) is 133 cm³/mol. The van der Waals surface area contributed by atoms with E-state index in [1.165, 1.54) is 13.0 Å². The van der Waals surface area contributed by atoms with Crippen LogP contribution < -0.4 is 16.0 Å². The lowest BCUT2D eigenvalue weighted by Gasteiger charge is -2.25. The zero-order valence-corrected chi connectivity index (χ0v) is 20.4. The predicted octanol–water partition coefficient (Wildman–Crippen LogP) is 1.96. The quantitative estimate of drug-likeness (QED) is 0.265. The summed E-state index contributed by atoms with van der Waals surface area (Å²) in [6, 6.07) is 11.0. The number of aromatic nitrogens is 1. The fraction of sp³-hybridized carbons (Fsp3) is 0.333. The van der Waals surface area contributed by atoms with Crippen LogP contribution in [0, 0.1) is 17.8 Å². The summed E-state index contributed by atoms with van der Waals surface area (Å²) < 4.78 is 0. The summed E-state index contributed by atoms with van der Waals surface area (Å²) >= 11 is 0. The highest BCUT2D eigenvalue weighted by Crippen LogP contribution is 2.24. The smallest absolute Gasteiger partial charge is 0.244 e. The van der Waals surface area contributed by atoms with Gasteiger partial charge in [-0.25, -0.2) is 0 Å². The second-order valence-corrected chi connectivity index (χ2v) is 9.11. The van der Waals surface area contributed by atoms with Gasteiger partial charge in [-0.3, -0.25) is 34.3 Å². The molecular formula is C27H30N4O5. The van der Waals surface area contributed by atoms with E-state index in [0.29, 0.717) is 0 Å². The van der Waals surface area contributed by atoms with Crippen LogP contribution in [-0.4, -0.2) is 40.4 Å². The molecule has 2 heterocycles. The molecule has 1 aliphatic rings. The van der Waals surface area contributed by atoms with Gasteiger partial charge in [-0.1, -0.05) is 57.2 Å². The van der Waals surface area contributed by atoms with Crippen LogP contribution >= 0.6 is 0 Å². The zero-order chi connectivity index (χ0) is 26.2. The van der Waals surface area contributed by atoms with Gasteiger partial charge in [-0.05, 0) is 29.2 Å². The normalized spacial score (nSPS) is 19.1. The number of amides is 4. The van der Waals surface area contributed by atoms with Crippen LogP contribution in [-0.2, 0) is 24.0 Å². The summed E-state index contributed by atoms with van der Waals surface area (Å²) in [5, 5.41) is 7.74. The van der Waals surface area contributed by atoms with Crippen LogP contribution in [0.1, 0.15) is 44.4 Å². The monoisotopic (exact) mass is 490 g/mol. The summed E-state index contributed by atoms with van der Waals surface area (Å²) in [5.74, 6) is -4.78. The molecule has 0 spiro atoms. The number of hydrogen-bond donors (Lipinski definition) is 3. The van der Waals surface area contributed by atoms with Crippen LogP contribution in [0.25, 0.3) is 6.08 Å². The minimum absolute atomic E-state index is 0.127. The second kappa shape index (κ2) is 12.0. The average Bonchev–Trinajstić information content (AvgIpc) is 3.12. The van der Waals surface area contributed by atoms with Crippen molar-refractivity contribution >= 4 is 35.5 Å². The first kappa shape index (κ1) is 26.5. The van der Waals surface area contributed by atoms with Gasteiger partial charge in [0.2, 0.25) is 23.6 Å². The number of Topliss-reactive ketones (excluding diaryl/α,β-unsaturated/α-hetero) is 1. The van der Waals surface area contributed by atoms with E-state index >= 15 is 0 Å². The van der Waals surface area contributed by atoms with Crippen molar-refractivity contribution < 1.29 is 24.0 Å². The van der Waals surface area contributed by atoms with E-state index in [-0.39, 0.29) is 12.3 Å². The molecule has 0 aliphatic carbocycles. The van der Waals surface area contributed by atoms with Crippen LogP contribution in [0.15, 0.2) is 60.9 Å². The Morgan fingerprint density at radius 3 is 2.33 bits per heavy atom. The van der Waals surface area contributed by atoms with Gasteiger partial charge in [0.1, 0.15) is 5.92 Å². The van der Waals surface area contributed by atoms with Gasteiger partial charge in [-0.15, -0.1) is 0 Å². The van der Waals surface area contributed by atoms with Gasteiger partial charge >= 0.3 is 0 Å². The number of ketones is 1. The fourth-order valence-electron chi connectivity index (χ4n) is 4.05. The Hall–Kier alpha value is -4.14. The zero-order valence-electron chi connectivity index (χ0n) is 20.4. The number of pyridine rings is 1. The lowest BCUT2D eigenvalue weighted by molar-refractivity contribution is -0.137. The summed E-state index contributed by atoms with van der Waals surface area (Å²) in [7, 11) is 0. The molecule has 2 aromatic rings. The van der Waals surface area contributed by atoms with E-state index in [1.54, 1.807) is 68.7 Å². The molecule has 36 heavy (non-hydrogen) atoms. The lowest BCUT2D eigenvalue weighted by Crippen LogP contribution is -2.49. The number of nitrogens with zero attached hydrogens (tertiary/aromatic N) is 1. The third-order valence-electron chi connectivity index (χ3n) is 6.06. The third-order valence-corrected chi connectivity index (χ3v) is 6.06. The maximum atomic E-state index is 13.1. The summed E-state index contributed by atoms with van der Waals surface area (Å²) in [6.07, 6.45) is 6.11. The first-order chi connectivity index (χ1) is 17.2. The first-order valence-electron chi connectivity index (χ1n) is 11.8. The third kappa shape index (κ3) is 6.71. The van der Waals surface area contributed by atoms with Crippen molar-refractivity contribution in [1.29, 1.82) is 0 Å². The molecule has 9 nitrogen and oxygen atoms in total. The second-order valence-electron chi connectivity index (χ2n) is 9.11.